The Kier molecular flexibility index (Phi) is 5.72. The van der Waals surface area contributed by atoms with Gasteiger partial charge in [0.15, 0.2) is 0 Å². The van der Waals surface area contributed by atoms with Crippen molar-refractivity contribution >= 4 is 11.8 Å². The molecule has 1 atom stereocenters. The quantitative estimate of drug-likeness (QED) is 0.539. The molecule has 0 aromatic carbocycles. The molecule has 1 amide bonds. The Morgan fingerprint density at radius 1 is 1.44 bits per heavy atom. The summed E-state index contributed by atoms with van der Waals surface area (Å²) in [7, 11) is 0. The van der Waals surface area contributed by atoms with E-state index in [-0.39, 0.29) is 5.92 Å². The van der Waals surface area contributed by atoms with E-state index in [4.69, 9.17) is 4.74 Å². The number of hydrogen-bond donors (Lipinski definition) is 0. The molecule has 0 N–H and O–H groups in total. The van der Waals surface area contributed by atoms with Crippen LogP contribution in [0.5, 0.6) is 0 Å². The Hall–Kier alpha value is -1.38. The maximum atomic E-state index is 11.3. The number of hydrogen-bond acceptors (Lipinski definition) is 2. The van der Waals surface area contributed by atoms with Gasteiger partial charge in [0.05, 0.1) is 0 Å². The maximum absolute atomic E-state index is 11.3. The Bertz CT molecular complexity index is 308. The molecule has 0 fully saturated rings. The van der Waals surface area contributed by atoms with Crippen molar-refractivity contribution in [2.45, 2.75) is 40.2 Å². The zero-order chi connectivity index (χ0) is 12.8. The fraction of sp³-hybridized carbons (Fsp3) is 0.538. The maximum Gasteiger partial charge on any atom is 0.434 e. The van der Waals surface area contributed by atoms with Crippen molar-refractivity contribution in [2.24, 2.45) is 10.9 Å². The van der Waals surface area contributed by atoms with E-state index < -0.39 is 11.7 Å². The highest BCUT2D eigenvalue weighted by atomic mass is 16.6. The molecule has 0 radical (unpaired) electrons. The first-order chi connectivity index (χ1) is 7.24. The number of carbonyl (C=O) groups is 1. The normalized spacial score (nSPS) is 14.9. The molecule has 0 heterocycles. The Balaban J connectivity index is 4.38. The van der Waals surface area contributed by atoms with Crippen molar-refractivity contribution in [1.29, 1.82) is 0 Å². The molecule has 0 aliphatic rings. The molecular formula is C13H21NO2. The molecule has 0 spiro atoms. The fourth-order valence-corrected chi connectivity index (χ4v) is 0.836. The SMILES string of the molecule is C=CC(C)/C=C\C(C)=NC(=O)OC(C)(C)C. The highest BCUT2D eigenvalue weighted by Gasteiger charge is 2.15. The summed E-state index contributed by atoms with van der Waals surface area (Å²) in [4.78, 5) is 15.1. The van der Waals surface area contributed by atoms with E-state index in [2.05, 4.69) is 11.6 Å². The summed E-state index contributed by atoms with van der Waals surface area (Å²) in [5, 5.41) is 0. The summed E-state index contributed by atoms with van der Waals surface area (Å²) in [5.74, 6) is 0.267. The van der Waals surface area contributed by atoms with Crippen LogP contribution in [0.2, 0.25) is 0 Å². The molecular weight excluding hydrogens is 202 g/mol. The first-order valence-corrected chi connectivity index (χ1v) is 5.33. The molecule has 0 aliphatic heterocycles. The second-order valence-corrected chi connectivity index (χ2v) is 4.69. The van der Waals surface area contributed by atoms with Crippen molar-refractivity contribution in [3.63, 3.8) is 0 Å². The summed E-state index contributed by atoms with van der Waals surface area (Å²) in [5.41, 5.74) is 0.127. The predicted molar refractivity (Wildman–Crippen MR) is 67.8 cm³/mol. The van der Waals surface area contributed by atoms with E-state index in [1.54, 1.807) is 13.0 Å². The molecule has 0 aliphatic carbocycles. The van der Waals surface area contributed by atoms with Gasteiger partial charge in [-0.25, -0.2) is 4.79 Å². The van der Waals surface area contributed by atoms with Gasteiger partial charge in [-0.1, -0.05) is 19.1 Å². The van der Waals surface area contributed by atoms with Crippen LogP contribution < -0.4 is 0 Å². The van der Waals surface area contributed by atoms with Crippen LogP contribution in [-0.4, -0.2) is 17.4 Å². The smallest absolute Gasteiger partial charge is 0.434 e. The largest absolute Gasteiger partial charge is 0.442 e. The number of amides is 1. The molecule has 3 heteroatoms. The molecule has 1 unspecified atom stereocenters. The second-order valence-electron chi connectivity index (χ2n) is 4.69. The zero-order valence-electron chi connectivity index (χ0n) is 10.8. The van der Waals surface area contributed by atoms with Crippen molar-refractivity contribution in [2.75, 3.05) is 0 Å². The predicted octanol–water partition coefficient (Wildman–Crippen LogP) is 3.76. The van der Waals surface area contributed by atoms with Gasteiger partial charge < -0.3 is 4.74 Å². The van der Waals surface area contributed by atoms with Crippen LogP contribution in [0.1, 0.15) is 34.6 Å². The van der Waals surface area contributed by atoms with Crippen molar-refractivity contribution in [1.82, 2.24) is 0 Å². The fourth-order valence-electron chi connectivity index (χ4n) is 0.836. The number of carbonyl (C=O) groups excluding carboxylic acids is 1. The van der Waals surface area contributed by atoms with Crippen LogP contribution >= 0.6 is 0 Å². The Labute approximate surface area is 97.9 Å². The Morgan fingerprint density at radius 3 is 2.44 bits per heavy atom. The molecule has 0 bridgehead atoms. The first kappa shape index (κ1) is 14.6. The summed E-state index contributed by atoms with van der Waals surface area (Å²) in [6.07, 6.45) is 4.98. The van der Waals surface area contributed by atoms with Gasteiger partial charge >= 0.3 is 6.09 Å². The zero-order valence-corrected chi connectivity index (χ0v) is 10.8. The monoisotopic (exact) mass is 223 g/mol. The summed E-state index contributed by atoms with van der Waals surface area (Å²) >= 11 is 0. The van der Waals surface area contributed by atoms with E-state index >= 15 is 0 Å². The highest BCUT2D eigenvalue weighted by molar-refractivity contribution is 5.99. The number of allylic oxidation sites excluding steroid dienone is 3. The first-order valence-electron chi connectivity index (χ1n) is 5.33. The summed E-state index contributed by atoms with van der Waals surface area (Å²) < 4.78 is 5.06. The van der Waals surface area contributed by atoms with Crippen LogP contribution in [0.25, 0.3) is 0 Å². The molecule has 90 valence electrons. The van der Waals surface area contributed by atoms with Crippen LogP contribution in [-0.2, 0) is 4.74 Å². The second kappa shape index (κ2) is 6.26. The standard InChI is InChI=1S/C13H21NO2/c1-7-10(2)8-9-11(3)14-12(15)16-13(4,5)6/h7-10H,1H2,2-6H3/b9-8-,14-11?. The lowest BCUT2D eigenvalue weighted by Crippen LogP contribution is -2.22. The van der Waals surface area contributed by atoms with Gasteiger partial charge in [-0.05, 0) is 39.7 Å². The lowest BCUT2D eigenvalue weighted by Gasteiger charge is -2.17. The van der Waals surface area contributed by atoms with Crippen molar-refractivity contribution in [3.8, 4) is 0 Å². The van der Waals surface area contributed by atoms with Crippen LogP contribution in [0.4, 0.5) is 4.79 Å². The van der Waals surface area contributed by atoms with E-state index in [0.717, 1.165) is 0 Å². The van der Waals surface area contributed by atoms with E-state index in [9.17, 15) is 4.79 Å². The van der Waals surface area contributed by atoms with Crippen LogP contribution in [0.15, 0.2) is 29.8 Å². The Morgan fingerprint density at radius 2 is 2.00 bits per heavy atom. The number of rotatable bonds is 3. The molecule has 0 saturated heterocycles. The van der Waals surface area contributed by atoms with E-state index in [1.165, 1.54) is 0 Å². The van der Waals surface area contributed by atoms with Gasteiger partial charge in [0.1, 0.15) is 5.60 Å². The molecule has 0 aromatic rings. The van der Waals surface area contributed by atoms with E-state index in [0.29, 0.717) is 5.71 Å². The minimum absolute atomic E-state index is 0.267. The number of ether oxygens (including phenoxy) is 1. The highest BCUT2D eigenvalue weighted by Crippen LogP contribution is 2.08. The number of aliphatic imine (C=N–C) groups is 1. The number of nitrogens with zero attached hydrogens (tertiary/aromatic N) is 1. The lowest BCUT2D eigenvalue weighted by molar-refractivity contribution is 0.0604. The van der Waals surface area contributed by atoms with Gasteiger partial charge in [0, 0.05) is 5.71 Å². The molecule has 0 saturated carbocycles. The average Bonchev–Trinajstić information content (AvgIpc) is 2.10. The van der Waals surface area contributed by atoms with Crippen LogP contribution in [0, 0.1) is 5.92 Å². The third-order valence-corrected chi connectivity index (χ3v) is 1.67. The molecule has 3 nitrogen and oxygen atoms in total. The third kappa shape index (κ3) is 7.97. The summed E-state index contributed by atoms with van der Waals surface area (Å²) in [6.45, 7) is 12.9. The van der Waals surface area contributed by atoms with E-state index in [1.807, 2.05) is 39.8 Å². The topological polar surface area (TPSA) is 38.7 Å². The average molecular weight is 223 g/mol. The molecule has 16 heavy (non-hydrogen) atoms. The third-order valence-electron chi connectivity index (χ3n) is 1.67. The molecule has 0 rings (SSSR count). The van der Waals surface area contributed by atoms with Gasteiger partial charge in [-0.3, -0.25) is 0 Å². The summed E-state index contributed by atoms with van der Waals surface area (Å²) in [6, 6.07) is 0. The van der Waals surface area contributed by atoms with Gasteiger partial charge in [0.2, 0.25) is 0 Å². The van der Waals surface area contributed by atoms with Gasteiger partial charge in [-0.2, -0.15) is 4.99 Å². The minimum Gasteiger partial charge on any atom is -0.442 e. The van der Waals surface area contributed by atoms with Crippen LogP contribution in [0.3, 0.4) is 0 Å². The molecule has 0 aromatic heterocycles. The van der Waals surface area contributed by atoms with Gasteiger partial charge in [0.25, 0.3) is 0 Å². The minimum atomic E-state index is -0.555. The van der Waals surface area contributed by atoms with Gasteiger partial charge in [-0.15, -0.1) is 6.58 Å². The lowest BCUT2D eigenvalue weighted by atomic mass is 10.1. The van der Waals surface area contributed by atoms with Crippen molar-refractivity contribution < 1.29 is 9.53 Å². The van der Waals surface area contributed by atoms with Crippen molar-refractivity contribution in [3.05, 3.63) is 24.8 Å².